The van der Waals surface area contributed by atoms with Crippen molar-refractivity contribution in [2.75, 3.05) is 5.43 Å². The molecule has 5 nitrogen and oxygen atoms in total. The third-order valence-electron chi connectivity index (χ3n) is 2.15. The highest BCUT2D eigenvalue weighted by Crippen LogP contribution is 2.07. The Bertz CT molecular complexity index is 553. The summed E-state index contributed by atoms with van der Waals surface area (Å²) in [6, 6.07) is 7.18. The fourth-order valence-electron chi connectivity index (χ4n) is 1.37. The van der Waals surface area contributed by atoms with Gasteiger partial charge in [-0.05, 0) is 12.1 Å². The Kier molecular flexibility index (Phi) is 2.29. The van der Waals surface area contributed by atoms with Crippen molar-refractivity contribution in [3.63, 3.8) is 0 Å². The second-order valence-corrected chi connectivity index (χ2v) is 3.17. The molecule has 5 heteroatoms. The van der Waals surface area contributed by atoms with Gasteiger partial charge in [-0.3, -0.25) is 10.2 Å². The van der Waals surface area contributed by atoms with Gasteiger partial charge in [-0.2, -0.15) is 0 Å². The van der Waals surface area contributed by atoms with Gasteiger partial charge in [0.15, 0.2) is 0 Å². The summed E-state index contributed by atoms with van der Waals surface area (Å²) in [5.74, 6) is -0.193. The van der Waals surface area contributed by atoms with Crippen molar-refractivity contribution in [2.45, 2.75) is 13.3 Å². The number of rotatable bonds is 2. The number of carbonyl (C=O) groups excluding carboxylic acids is 1. The number of fused-ring (bicyclic) bond motifs is 1. The van der Waals surface area contributed by atoms with Gasteiger partial charge in [0, 0.05) is 6.42 Å². The van der Waals surface area contributed by atoms with Crippen LogP contribution in [0.15, 0.2) is 29.1 Å². The first kappa shape index (κ1) is 9.51. The number of hydrogen-bond acceptors (Lipinski definition) is 2. The van der Waals surface area contributed by atoms with E-state index in [1.165, 1.54) is 4.68 Å². The Labute approximate surface area is 85.7 Å². The standard InChI is InChI=1S/C10H11N3O2/c1-2-9(14)12-13-8-6-4-3-5-7(8)11-10(13)15/h3-6H,2H2,1H3,(H,11,15)(H,12,14). The van der Waals surface area contributed by atoms with Crippen LogP contribution in [0.1, 0.15) is 13.3 Å². The molecule has 15 heavy (non-hydrogen) atoms. The van der Waals surface area contributed by atoms with Gasteiger partial charge in [-0.15, -0.1) is 0 Å². The molecule has 0 unspecified atom stereocenters. The molecule has 0 saturated heterocycles. The molecule has 0 atom stereocenters. The van der Waals surface area contributed by atoms with Crippen LogP contribution in [0.3, 0.4) is 0 Å². The monoisotopic (exact) mass is 205 g/mol. The van der Waals surface area contributed by atoms with Gasteiger partial charge in [0.05, 0.1) is 11.0 Å². The number of nitrogens with zero attached hydrogens (tertiary/aromatic N) is 1. The van der Waals surface area contributed by atoms with Crippen LogP contribution < -0.4 is 11.1 Å². The molecule has 2 aromatic rings. The zero-order chi connectivity index (χ0) is 10.8. The van der Waals surface area contributed by atoms with Crippen LogP contribution in [0.5, 0.6) is 0 Å². The maximum Gasteiger partial charge on any atom is 0.345 e. The van der Waals surface area contributed by atoms with Crippen LogP contribution in [-0.2, 0) is 4.79 Å². The van der Waals surface area contributed by atoms with E-state index in [4.69, 9.17) is 0 Å². The van der Waals surface area contributed by atoms with Crippen molar-refractivity contribution in [1.82, 2.24) is 9.66 Å². The Morgan fingerprint density at radius 1 is 1.47 bits per heavy atom. The van der Waals surface area contributed by atoms with Crippen molar-refractivity contribution in [3.05, 3.63) is 34.7 Å². The fraction of sp³-hybridized carbons (Fsp3) is 0.200. The second-order valence-electron chi connectivity index (χ2n) is 3.17. The molecule has 0 radical (unpaired) electrons. The Balaban J connectivity index is 2.54. The van der Waals surface area contributed by atoms with E-state index in [0.29, 0.717) is 17.5 Å². The minimum atomic E-state index is -0.335. The highest BCUT2D eigenvalue weighted by molar-refractivity contribution is 5.86. The van der Waals surface area contributed by atoms with Crippen LogP contribution in [0.2, 0.25) is 0 Å². The Morgan fingerprint density at radius 3 is 2.93 bits per heavy atom. The lowest BCUT2D eigenvalue weighted by Crippen LogP contribution is -2.30. The summed E-state index contributed by atoms with van der Waals surface area (Å²) in [5.41, 5.74) is 3.56. The van der Waals surface area contributed by atoms with Crippen LogP contribution in [0.25, 0.3) is 11.0 Å². The molecule has 1 heterocycles. The normalized spacial score (nSPS) is 10.5. The van der Waals surface area contributed by atoms with E-state index in [2.05, 4.69) is 10.4 Å². The van der Waals surface area contributed by atoms with Crippen LogP contribution in [-0.4, -0.2) is 15.6 Å². The zero-order valence-electron chi connectivity index (χ0n) is 8.28. The summed E-state index contributed by atoms with van der Waals surface area (Å²) in [5, 5.41) is 0. The molecule has 0 aliphatic rings. The number of carbonyl (C=O) groups is 1. The van der Waals surface area contributed by atoms with Gasteiger partial charge in [0.25, 0.3) is 0 Å². The van der Waals surface area contributed by atoms with E-state index in [1.54, 1.807) is 19.1 Å². The molecule has 0 aliphatic heterocycles. The van der Waals surface area contributed by atoms with Crippen molar-refractivity contribution in [1.29, 1.82) is 0 Å². The molecular weight excluding hydrogens is 194 g/mol. The molecule has 1 aromatic heterocycles. The SMILES string of the molecule is CCC(=O)Nn1c(=O)[nH]c2ccccc21. The quantitative estimate of drug-likeness (QED) is 0.761. The summed E-state index contributed by atoms with van der Waals surface area (Å²) in [4.78, 5) is 25.3. The third kappa shape index (κ3) is 1.63. The number of nitrogens with one attached hydrogen (secondary N) is 2. The number of hydrogen-bond donors (Lipinski definition) is 2. The number of aromatic amines is 1. The smallest absolute Gasteiger partial charge is 0.304 e. The lowest BCUT2D eigenvalue weighted by atomic mass is 10.3. The highest BCUT2D eigenvalue weighted by atomic mass is 16.2. The van der Waals surface area contributed by atoms with E-state index in [9.17, 15) is 9.59 Å². The highest BCUT2D eigenvalue weighted by Gasteiger charge is 2.07. The molecule has 0 fully saturated rings. The molecular formula is C10H11N3O2. The first-order valence-electron chi connectivity index (χ1n) is 4.72. The summed E-state index contributed by atoms with van der Waals surface area (Å²) in [6.07, 6.45) is 0.339. The maximum atomic E-state index is 11.5. The minimum absolute atomic E-state index is 0.193. The second kappa shape index (κ2) is 3.61. The summed E-state index contributed by atoms with van der Waals surface area (Å²) < 4.78 is 1.22. The first-order valence-corrected chi connectivity index (χ1v) is 4.72. The minimum Gasteiger partial charge on any atom is -0.304 e. The van der Waals surface area contributed by atoms with Gasteiger partial charge < -0.3 is 4.98 Å². The third-order valence-corrected chi connectivity index (χ3v) is 2.15. The average Bonchev–Trinajstić information content (AvgIpc) is 2.55. The summed E-state index contributed by atoms with van der Waals surface area (Å²) >= 11 is 0. The molecule has 78 valence electrons. The van der Waals surface area contributed by atoms with Gasteiger partial charge in [-0.25, -0.2) is 9.47 Å². The molecule has 0 bridgehead atoms. The Morgan fingerprint density at radius 2 is 2.20 bits per heavy atom. The van der Waals surface area contributed by atoms with E-state index < -0.39 is 0 Å². The number of H-pyrrole nitrogens is 1. The maximum absolute atomic E-state index is 11.5. The van der Waals surface area contributed by atoms with E-state index in [0.717, 1.165) is 0 Å². The van der Waals surface area contributed by atoms with Gasteiger partial charge in [-0.1, -0.05) is 19.1 Å². The van der Waals surface area contributed by atoms with Crippen molar-refractivity contribution in [3.8, 4) is 0 Å². The largest absolute Gasteiger partial charge is 0.345 e. The molecule has 0 aliphatic carbocycles. The molecule has 1 aromatic carbocycles. The number of amides is 1. The van der Waals surface area contributed by atoms with Crippen LogP contribution >= 0.6 is 0 Å². The van der Waals surface area contributed by atoms with E-state index >= 15 is 0 Å². The number of aromatic nitrogens is 2. The first-order chi connectivity index (χ1) is 7.22. The summed E-state index contributed by atoms with van der Waals surface area (Å²) in [7, 11) is 0. The van der Waals surface area contributed by atoms with Gasteiger partial charge >= 0.3 is 5.69 Å². The predicted molar refractivity (Wildman–Crippen MR) is 57.2 cm³/mol. The molecule has 0 saturated carbocycles. The van der Waals surface area contributed by atoms with Crippen molar-refractivity contribution >= 4 is 16.9 Å². The lowest BCUT2D eigenvalue weighted by molar-refractivity contribution is -0.116. The van der Waals surface area contributed by atoms with Crippen molar-refractivity contribution in [2.24, 2.45) is 0 Å². The van der Waals surface area contributed by atoms with Gasteiger partial charge in [0.1, 0.15) is 0 Å². The molecule has 2 N–H and O–H groups in total. The molecule has 1 amide bonds. The van der Waals surface area contributed by atoms with Crippen molar-refractivity contribution < 1.29 is 4.79 Å². The lowest BCUT2D eigenvalue weighted by Gasteiger charge is -2.03. The van der Waals surface area contributed by atoms with Crippen LogP contribution in [0.4, 0.5) is 0 Å². The topological polar surface area (TPSA) is 66.9 Å². The average molecular weight is 205 g/mol. The van der Waals surface area contributed by atoms with Gasteiger partial charge in [0.2, 0.25) is 5.91 Å². The number of para-hydroxylation sites is 2. The van der Waals surface area contributed by atoms with Crippen LogP contribution in [0, 0.1) is 0 Å². The zero-order valence-corrected chi connectivity index (χ0v) is 8.28. The predicted octanol–water partition coefficient (Wildman–Crippen LogP) is 0.810. The summed E-state index contributed by atoms with van der Waals surface area (Å²) in [6.45, 7) is 1.73. The molecule has 2 rings (SSSR count). The van der Waals surface area contributed by atoms with E-state index in [-0.39, 0.29) is 11.6 Å². The Hall–Kier alpha value is -2.04. The molecule has 0 spiro atoms. The fourth-order valence-corrected chi connectivity index (χ4v) is 1.37. The number of imidazole rings is 1. The van der Waals surface area contributed by atoms with E-state index in [1.807, 2.05) is 12.1 Å². The number of benzene rings is 1.